The molecule has 0 bridgehead atoms. The van der Waals surface area contributed by atoms with Crippen LogP contribution in [0.5, 0.6) is 11.6 Å². The van der Waals surface area contributed by atoms with Crippen molar-refractivity contribution in [1.29, 1.82) is 0 Å². The summed E-state index contributed by atoms with van der Waals surface area (Å²) in [5.74, 6) is -3.41. The normalized spacial score (nSPS) is 10.5. The largest absolute Gasteiger partial charge is 0.488 e. The van der Waals surface area contributed by atoms with Gasteiger partial charge in [0.15, 0.2) is 17.4 Å². The third kappa shape index (κ3) is 5.10. The highest BCUT2D eigenvalue weighted by Crippen LogP contribution is 2.33. The third-order valence-corrected chi connectivity index (χ3v) is 3.18. The average Bonchev–Trinajstić information content (AvgIpc) is 2.58. The summed E-state index contributed by atoms with van der Waals surface area (Å²) in [7, 11) is 0. The number of hydrogen-bond acceptors (Lipinski definition) is 4. The van der Waals surface area contributed by atoms with Crippen LogP contribution in [0.15, 0.2) is 30.5 Å². The van der Waals surface area contributed by atoms with E-state index in [0.29, 0.717) is 5.56 Å². The Morgan fingerprint density at radius 2 is 1.88 bits per heavy atom. The van der Waals surface area contributed by atoms with Crippen LogP contribution in [0.4, 0.5) is 13.2 Å². The van der Waals surface area contributed by atoms with Crippen LogP contribution in [-0.2, 0) is 4.79 Å². The summed E-state index contributed by atoms with van der Waals surface area (Å²) in [5, 5.41) is 8.52. The van der Waals surface area contributed by atoms with Gasteiger partial charge in [-0.15, -0.1) is 0 Å². The number of hydrogen-bond donors (Lipinski definition) is 1. The summed E-state index contributed by atoms with van der Waals surface area (Å²) in [6.45, 7) is -1.07. The van der Waals surface area contributed by atoms with E-state index in [-0.39, 0.29) is 37.5 Å². The van der Waals surface area contributed by atoms with E-state index in [1.54, 1.807) is 12.1 Å². The summed E-state index contributed by atoms with van der Waals surface area (Å²) in [5.41, 5.74) is 0.473. The van der Waals surface area contributed by atoms with Gasteiger partial charge in [0.05, 0.1) is 6.61 Å². The van der Waals surface area contributed by atoms with E-state index in [2.05, 4.69) is 4.98 Å². The van der Waals surface area contributed by atoms with Gasteiger partial charge in [0, 0.05) is 18.2 Å². The number of carboxylic acids is 1. The number of pyridine rings is 1. The van der Waals surface area contributed by atoms with Crippen LogP contribution in [0.3, 0.4) is 0 Å². The number of ether oxygens (including phenoxy) is 2. The van der Waals surface area contributed by atoms with E-state index < -0.39 is 30.0 Å². The molecule has 2 rings (SSSR count). The van der Waals surface area contributed by atoms with Crippen molar-refractivity contribution in [3.05, 3.63) is 42.1 Å². The van der Waals surface area contributed by atoms with Crippen LogP contribution < -0.4 is 9.47 Å². The first-order chi connectivity index (χ1) is 12.0. The smallest absolute Gasteiger partial charge is 0.303 e. The van der Waals surface area contributed by atoms with Gasteiger partial charge in [-0.2, -0.15) is 0 Å². The van der Waals surface area contributed by atoms with Crippen LogP contribution in [-0.4, -0.2) is 35.9 Å². The summed E-state index contributed by atoms with van der Waals surface area (Å²) < 4.78 is 50.7. The average molecular weight is 355 g/mol. The second-order valence-corrected chi connectivity index (χ2v) is 5.01. The fraction of sp³-hybridized carbons (Fsp3) is 0.294. The van der Waals surface area contributed by atoms with Crippen molar-refractivity contribution in [2.45, 2.75) is 12.8 Å². The van der Waals surface area contributed by atoms with Crippen molar-refractivity contribution in [2.75, 3.05) is 19.9 Å². The maximum absolute atomic E-state index is 14.2. The van der Waals surface area contributed by atoms with E-state index in [9.17, 15) is 18.0 Å². The minimum Gasteiger partial charge on any atom is -0.488 e. The lowest BCUT2D eigenvalue weighted by atomic mass is 10.1. The fourth-order valence-electron chi connectivity index (χ4n) is 2.11. The van der Waals surface area contributed by atoms with Gasteiger partial charge in [-0.3, -0.25) is 4.79 Å². The number of benzene rings is 1. The number of aromatic nitrogens is 1. The molecule has 0 fully saturated rings. The molecule has 1 N–H and O–H groups in total. The molecule has 2 aromatic rings. The van der Waals surface area contributed by atoms with Crippen LogP contribution in [0.1, 0.15) is 12.8 Å². The number of carboxylic acid groups (broad SMARTS) is 1. The van der Waals surface area contributed by atoms with Crippen LogP contribution >= 0.6 is 0 Å². The maximum Gasteiger partial charge on any atom is 0.303 e. The van der Waals surface area contributed by atoms with Gasteiger partial charge in [0.25, 0.3) is 0 Å². The second kappa shape index (κ2) is 8.91. The third-order valence-electron chi connectivity index (χ3n) is 3.18. The monoisotopic (exact) mass is 355 g/mol. The predicted octanol–water partition coefficient (Wildman–Crippen LogP) is 3.62. The number of carbonyl (C=O) groups is 1. The van der Waals surface area contributed by atoms with Crippen molar-refractivity contribution in [2.24, 2.45) is 0 Å². The number of alkyl halides is 1. The number of nitrogens with zero attached hydrogens (tertiary/aromatic N) is 1. The molecule has 134 valence electrons. The van der Waals surface area contributed by atoms with E-state index >= 15 is 0 Å². The molecule has 25 heavy (non-hydrogen) atoms. The van der Waals surface area contributed by atoms with Gasteiger partial charge < -0.3 is 14.6 Å². The SMILES string of the molecule is O=C(O)CCCOc1c(F)cc(-c2cccnc2OCCF)cc1F. The van der Waals surface area contributed by atoms with Gasteiger partial charge in [-0.25, -0.2) is 18.2 Å². The molecule has 0 saturated carbocycles. The van der Waals surface area contributed by atoms with Crippen molar-refractivity contribution in [3.63, 3.8) is 0 Å². The zero-order valence-electron chi connectivity index (χ0n) is 13.2. The van der Waals surface area contributed by atoms with E-state index in [0.717, 1.165) is 12.1 Å². The molecule has 0 radical (unpaired) electrons. The minimum atomic E-state index is -1.02. The Balaban J connectivity index is 2.20. The Morgan fingerprint density at radius 3 is 2.52 bits per heavy atom. The van der Waals surface area contributed by atoms with Crippen molar-refractivity contribution in [1.82, 2.24) is 4.98 Å². The molecule has 0 aliphatic carbocycles. The molecule has 0 atom stereocenters. The molecule has 8 heteroatoms. The maximum atomic E-state index is 14.2. The number of aliphatic carboxylic acids is 1. The van der Waals surface area contributed by atoms with Crippen molar-refractivity contribution < 1.29 is 32.5 Å². The molecule has 0 aliphatic heterocycles. The highest BCUT2D eigenvalue weighted by molar-refractivity contribution is 5.69. The van der Waals surface area contributed by atoms with Crippen molar-refractivity contribution >= 4 is 5.97 Å². The van der Waals surface area contributed by atoms with Gasteiger partial charge >= 0.3 is 5.97 Å². The molecule has 1 aromatic carbocycles. The molecule has 0 spiro atoms. The first-order valence-electron chi connectivity index (χ1n) is 7.50. The Morgan fingerprint density at radius 1 is 1.16 bits per heavy atom. The zero-order valence-corrected chi connectivity index (χ0v) is 13.2. The molecule has 5 nitrogen and oxygen atoms in total. The molecular weight excluding hydrogens is 339 g/mol. The molecular formula is C17H16F3NO4. The first-order valence-corrected chi connectivity index (χ1v) is 7.50. The molecule has 1 heterocycles. The Labute approximate surface area is 142 Å². The zero-order chi connectivity index (χ0) is 18.2. The molecule has 0 saturated heterocycles. The molecule has 1 aromatic heterocycles. The Bertz CT molecular complexity index is 717. The van der Waals surface area contributed by atoms with Crippen molar-refractivity contribution in [3.8, 4) is 22.8 Å². The lowest BCUT2D eigenvalue weighted by Gasteiger charge is -2.12. The Kier molecular flexibility index (Phi) is 6.62. The lowest BCUT2D eigenvalue weighted by molar-refractivity contribution is -0.137. The Hall–Kier alpha value is -2.77. The quantitative estimate of drug-likeness (QED) is 0.696. The van der Waals surface area contributed by atoms with E-state index in [1.807, 2.05) is 0 Å². The van der Waals surface area contributed by atoms with Gasteiger partial charge in [0.1, 0.15) is 13.3 Å². The number of halogens is 3. The lowest BCUT2D eigenvalue weighted by Crippen LogP contribution is -2.05. The number of rotatable bonds is 9. The topological polar surface area (TPSA) is 68.7 Å². The van der Waals surface area contributed by atoms with E-state index in [4.69, 9.17) is 14.6 Å². The summed E-state index contributed by atoms with van der Waals surface area (Å²) in [6.07, 6.45) is 1.38. The first kappa shape index (κ1) is 18.6. The fourth-order valence-corrected chi connectivity index (χ4v) is 2.11. The van der Waals surface area contributed by atoms with Crippen LogP contribution in [0.2, 0.25) is 0 Å². The summed E-state index contributed by atoms with van der Waals surface area (Å²) in [4.78, 5) is 14.3. The predicted molar refractivity (Wildman–Crippen MR) is 83.4 cm³/mol. The second-order valence-electron chi connectivity index (χ2n) is 5.01. The summed E-state index contributed by atoms with van der Waals surface area (Å²) in [6, 6.07) is 5.20. The molecule has 0 aliphatic rings. The molecule has 0 unspecified atom stereocenters. The highest BCUT2D eigenvalue weighted by atomic mass is 19.1. The minimum absolute atomic E-state index is 0.0640. The summed E-state index contributed by atoms with van der Waals surface area (Å²) >= 11 is 0. The highest BCUT2D eigenvalue weighted by Gasteiger charge is 2.16. The standard InChI is InChI=1S/C17H16F3NO4/c18-5-8-25-17-12(3-1-6-21-17)11-9-13(19)16(14(20)10-11)24-7-2-4-15(22)23/h1,3,6,9-10H,2,4-5,7-8H2,(H,22,23). The van der Waals surface area contributed by atoms with Gasteiger partial charge in [0.2, 0.25) is 5.88 Å². The van der Waals surface area contributed by atoms with Crippen LogP contribution in [0.25, 0.3) is 11.1 Å². The van der Waals surface area contributed by atoms with E-state index in [1.165, 1.54) is 6.20 Å². The molecule has 0 amide bonds. The van der Waals surface area contributed by atoms with Gasteiger partial charge in [-0.1, -0.05) is 0 Å². The van der Waals surface area contributed by atoms with Crippen LogP contribution in [0, 0.1) is 11.6 Å². The van der Waals surface area contributed by atoms with Gasteiger partial charge in [-0.05, 0) is 36.2 Å².